The van der Waals surface area contributed by atoms with Crippen LogP contribution in [0.5, 0.6) is 0 Å². The fourth-order valence-corrected chi connectivity index (χ4v) is 13.5. The van der Waals surface area contributed by atoms with Gasteiger partial charge in [0.1, 0.15) is 0 Å². The number of benzene rings is 4. The van der Waals surface area contributed by atoms with E-state index in [1.807, 2.05) is 0 Å². The van der Waals surface area contributed by atoms with Crippen molar-refractivity contribution < 1.29 is 51.9 Å². The van der Waals surface area contributed by atoms with Gasteiger partial charge in [-0.1, -0.05) is 104 Å². The molecule has 5 heterocycles. The minimum Gasteiger partial charge on any atom is -0.354 e. The molecule has 394 valence electrons. The Labute approximate surface area is 441 Å². The highest BCUT2D eigenvalue weighted by atomic mass is 32.2. The molecular formula is C56H54N4O12S4. The molecule has 0 amide bonds. The van der Waals surface area contributed by atoms with Gasteiger partial charge < -0.3 is 9.97 Å². The lowest BCUT2D eigenvalue weighted by atomic mass is 9.97. The minimum atomic E-state index is -4.79. The van der Waals surface area contributed by atoms with Crippen molar-refractivity contribution in [2.24, 2.45) is 0 Å². The molecule has 2 aliphatic rings. The van der Waals surface area contributed by atoms with Gasteiger partial charge in [0.05, 0.1) is 42.4 Å². The van der Waals surface area contributed by atoms with E-state index in [2.05, 4.69) is 9.97 Å². The van der Waals surface area contributed by atoms with E-state index in [4.69, 9.17) is 9.97 Å². The highest BCUT2D eigenvalue weighted by molar-refractivity contribution is 7.86. The van der Waals surface area contributed by atoms with Crippen molar-refractivity contribution in [2.45, 2.75) is 98.6 Å². The molecule has 76 heavy (non-hydrogen) atoms. The largest absolute Gasteiger partial charge is 0.354 e. The zero-order valence-corrected chi connectivity index (χ0v) is 45.7. The molecule has 20 heteroatoms. The van der Waals surface area contributed by atoms with E-state index in [9.17, 15) is 51.9 Å². The molecule has 9 rings (SSSR count). The monoisotopic (exact) mass is 1100 g/mol. The molecule has 7 aromatic rings. The second kappa shape index (κ2) is 19.6. The SMILES string of the molecule is CC(C)c1ccc(-c2c3nc(c(-c4ccc(C(C)C)c(S(=O)(=O)O)c4)c4ccc([nH]4)c(-c4ccc(C(C)C)c(S(=O)(=O)O)c4)c4nc(c(-c5ccc(C(C)C)c(S(=O)(=O)O)c5)c5ccc2[nH]5)C=C4)C=C3)cc1S(=O)(=O)O. The van der Waals surface area contributed by atoms with Crippen LogP contribution in [0, 0.1) is 0 Å². The maximum absolute atomic E-state index is 13.1. The Morgan fingerprint density at radius 3 is 0.697 bits per heavy atom. The van der Waals surface area contributed by atoms with Gasteiger partial charge in [0.15, 0.2) is 0 Å². The Kier molecular flexibility index (Phi) is 13.9. The topological polar surface area (TPSA) is 275 Å². The van der Waals surface area contributed by atoms with Crippen LogP contribution in [0.15, 0.2) is 117 Å². The zero-order valence-electron chi connectivity index (χ0n) is 42.4. The van der Waals surface area contributed by atoms with E-state index < -0.39 is 40.5 Å². The Morgan fingerprint density at radius 1 is 0.329 bits per heavy atom. The van der Waals surface area contributed by atoms with Crippen LogP contribution in [-0.2, 0) is 40.5 Å². The number of aromatic nitrogens is 4. The van der Waals surface area contributed by atoms with E-state index in [0.29, 0.717) is 88.8 Å². The van der Waals surface area contributed by atoms with Crippen LogP contribution in [0.2, 0.25) is 0 Å². The molecule has 16 nitrogen and oxygen atoms in total. The van der Waals surface area contributed by atoms with E-state index in [1.54, 1.807) is 152 Å². The lowest BCUT2D eigenvalue weighted by Crippen LogP contribution is -2.05. The van der Waals surface area contributed by atoms with Crippen LogP contribution in [0.4, 0.5) is 0 Å². The lowest BCUT2D eigenvalue weighted by molar-refractivity contribution is 0.479. The molecule has 0 saturated heterocycles. The van der Waals surface area contributed by atoms with Crippen LogP contribution in [0.1, 0.15) is 124 Å². The summed E-state index contributed by atoms with van der Waals surface area (Å²) < 4.78 is 147. The quantitative estimate of drug-likeness (QED) is 0.0621. The molecule has 4 aromatic carbocycles. The van der Waals surface area contributed by atoms with Gasteiger partial charge in [0, 0.05) is 44.3 Å². The van der Waals surface area contributed by atoms with E-state index in [0.717, 1.165) is 0 Å². The van der Waals surface area contributed by atoms with Crippen molar-refractivity contribution in [3.05, 3.63) is 142 Å². The standard InChI is InChI=1S/C56H54N4O12S4/c1-29(2)37-13-9-33(25-49(37)73(61,62)63)53-41-17-19-43(57-41)54(34-10-14-38(30(3)4)50(26-34)74(64,65)66)45-21-23-47(59-45)56(36-12-16-40(32(7)8)52(28-36)76(70,71)72)48-24-22-46(60-48)55(44-20-18-42(53)58-44)35-11-15-39(31(5)6)51(27-35)75(67,68)69/h9-32,57,60H,1-8H3,(H,61,62,63)(H,64,65,66)(H,67,68,69)(H,70,71,72). The van der Waals surface area contributed by atoms with Crippen molar-refractivity contribution in [3.8, 4) is 44.5 Å². The fourth-order valence-electron chi connectivity index (χ4n) is 9.98. The summed E-state index contributed by atoms with van der Waals surface area (Å²) in [6.45, 7) is 14.3. The summed E-state index contributed by atoms with van der Waals surface area (Å²) in [4.78, 5) is 15.9. The summed E-state index contributed by atoms with van der Waals surface area (Å²) in [6.07, 6.45) is 6.75. The smallest absolute Gasteiger partial charge is 0.294 e. The van der Waals surface area contributed by atoms with Crippen molar-refractivity contribution in [2.75, 3.05) is 0 Å². The second-order valence-electron chi connectivity index (χ2n) is 20.0. The first-order chi connectivity index (χ1) is 35.5. The Hall–Kier alpha value is -6.88. The van der Waals surface area contributed by atoms with Crippen molar-refractivity contribution in [1.29, 1.82) is 0 Å². The van der Waals surface area contributed by atoms with E-state index in [1.165, 1.54) is 24.3 Å². The molecule has 0 unspecified atom stereocenters. The van der Waals surface area contributed by atoms with Gasteiger partial charge in [0.25, 0.3) is 40.5 Å². The number of aromatic amines is 2. The third-order valence-corrected chi connectivity index (χ3v) is 17.2. The third kappa shape index (κ3) is 10.3. The maximum Gasteiger partial charge on any atom is 0.294 e. The normalized spacial score (nSPS) is 13.3. The predicted octanol–water partition coefficient (Wildman–Crippen LogP) is 12.8. The average Bonchev–Trinajstić information content (AvgIpc) is 4.22. The van der Waals surface area contributed by atoms with Gasteiger partial charge in [-0.05, 0) is 141 Å². The molecule has 0 aliphatic carbocycles. The predicted molar refractivity (Wildman–Crippen MR) is 296 cm³/mol. The number of fused-ring (bicyclic) bond motifs is 8. The van der Waals surface area contributed by atoms with Crippen LogP contribution in [0.3, 0.4) is 0 Å². The van der Waals surface area contributed by atoms with Crippen LogP contribution in [0.25, 0.3) is 90.9 Å². The van der Waals surface area contributed by atoms with Gasteiger partial charge in [-0.2, -0.15) is 33.7 Å². The van der Waals surface area contributed by atoms with Crippen molar-refractivity contribution in [1.82, 2.24) is 19.9 Å². The van der Waals surface area contributed by atoms with Gasteiger partial charge in [-0.15, -0.1) is 0 Å². The van der Waals surface area contributed by atoms with Crippen LogP contribution < -0.4 is 0 Å². The molecular weight excluding hydrogens is 1050 g/mol. The van der Waals surface area contributed by atoms with Crippen LogP contribution in [-0.4, -0.2) is 71.8 Å². The Balaban J connectivity index is 1.52. The molecule has 0 radical (unpaired) electrons. The van der Waals surface area contributed by atoms with E-state index >= 15 is 0 Å². The molecule has 0 saturated carbocycles. The average molecular weight is 1100 g/mol. The Bertz CT molecular complexity index is 3760. The highest BCUT2D eigenvalue weighted by Gasteiger charge is 2.27. The zero-order chi connectivity index (χ0) is 55.1. The van der Waals surface area contributed by atoms with E-state index in [-0.39, 0.29) is 66.0 Å². The molecule has 6 N–H and O–H groups in total. The first-order valence-corrected chi connectivity index (χ1v) is 29.9. The summed E-state index contributed by atoms with van der Waals surface area (Å²) in [6, 6.07) is 25.5. The highest BCUT2D eigenvalue weighted by Crippen LogP contribution is 2.42. The first-order valence-electron chi connectivity index (χ1n) is 24.1. The van der Waals surface area contributed by atoms with Crippen molar-refractivity contribution in [3.63, 3.8) is 0 Å². The van der Waals surface area contributed by atoms with Gasteiger partial charge >= 0.3 is 0 Å². The number of rotatable bonds is 12. The van der Waals surface area contributed by atoms with Crippen LogP contribution >= 0.6 is 0 Å². The van der Waals surface area contributed by atoms with Gasteiger partial charge in [-0.25, -0.2) is 9.97 Å². The molecule has 0 fully saturated rings. The molecule has 0 spiro atoms. The summed E-state index contributed by atoms with van der Waals surface area (Å²) in [7, 11) is -19.1. The minimum absolute atomic E-state index is 0.285. The van der Waals surface area contributed by atoms with Gasteiger partial charge in [-0.3, -0.25) is 18.2 Å². The summed E-state index contributed by atoms with van der Waals surface area (Å²) >= 11 is 0. The maximum atomic E-state index is 13.1. The summed E-state index contributed by atoms with van der Waals surface area (Å²) in [5, 5.41) is 0. The number of hydrogen-bond acceptors (Lipinski definition) is 10. The Morgan fingerprint density at radius 2 is 0.526 bits per heavy atom. The summed E-state index contributed by atoms with van der Waals surface area (Å²) in [5.41, 5.74) is 6.71. The molecule has 0 atom stereocenters. The summed E-state index contributed by atoms with van der Waals surface area (Å²) in [5.74, 6) is -1.27. The number of nitrogens with zero attached hydrogens (tertiary/aromatic N) is 2. The molecule has 8 bridgehead atoms. The fraction of sp³-hybridized carbons (Fsp3) is 0.214. The number of H-pyrrole nitrogens is 2. The molecule has 3 aromatic heterocycles. The number of nitrogens with one attached hydrogen (secondary N) is 2. The lowest BCUT2D eigenvalue weighted by Gasteiger charge is -2.14. The molecule has 2 aliphatic heterocycles. The van der Waals surface area contributed by atoms with Gasteiger partial charge in [0.2, 0.25) is 0 Å². The second-order valence-corrected chi connectivity index (χ2v) is 25.6. The third-order valence-electron chi connectivity index (χ3n) is 13.6. The first kappa shape index (κ1) is 53.9. The number of hydrogen-bond donors (Lipinski definition) is 6. The van der Waals surface area contributed by atoms with Crippen molar-refractivity contribution >= 4 is 86.8 Å².